The van der Waals surface area contributed by atoms with Gasteiger partial charge >= 0.3 is 0 Å². The fraction of sp³-hybridized carbons (Fsp3) is 0.125. The largest absolute Gasteiger partial charge is 0.497 e. The van der Waals surface area contributed by atoms with Crippen LogP contribution in [0.5, 0.6) is 5.75 Å². The van der Waals surface area contributed by atoms with Crippen molar-refractivity contribution in [1.29, 1.82) is 0 Å². The molecule has 0 spiro atoms. The Hall–Kier alpha value is -3.78. The van der Waals surface area contributed by atoms with Gasteiger partial charge in [-0.3, -0.25) is 0 Å². The molecule has 0 radical (unpaired) electrons. The standard InChI is InChI=1S/C24H23N3O4S/c1-30-19-10-8-17(9-11-19)15-25-24-14-22(21(16-26-24)23-7-4-12-31-23)27-18-5-3-6-20(13-18)32(2,28)29/h3-14,16H,15H2,1-2H3,(H2,25,26,27). The van der Waals surface area contributed by atoms with E-state index in [1.807, 2.05) is 42.5 Å². The first-order valence-electron chi connectivity index (χ1n) is 9.90. The van der Waals surface area contributed by atoms with E-state index in [1.165, 1.54) is 6.26 Å². The summed E-state index contributed by atoms with van der Waals surface area (Å²) in [7, 11) is -1.68. The van der Waals surface area contributed by atoms with Crippen LogP contribution in [0.4, 0.5) is 17.2 Å². The van der Waals surface area contributed by atoms with E-state index in [4.69, 9.17) is 9.15 Å². The van der Waals surface area contributed by atoms with Crippen molar-refractivity contribution in [3.63, 3.8) is 0 Å². The third-order valence-corrected chi connectivity index (χ3v) is 5.97. The maximum absolute atomic E-state index is 11.9. The van der Waals surface area contributed by atoms with Gasteiger partial charge in [0, 0.05) is 30.8 Å². The second-order valence-corrected chi connectivity index (χ2v) is 9.23. The number of pyridine rings is 1. The monoisotopic (exact) mass is 449 g/mol. The smallest absolute Gasteiger partial charge is 0.175 e. The first kappa shape index (κ1) is 21.5. The number of anilines is 3. The fourth-order valence-electron chi connectivity index (χ4n) is 3.18. The van der Waals surface area contributed by atoms with Crippen LogP contribution in [-0.2, 0) is 16.4 Å². The molecule has 2 heterocycles. The lowest BCUT2D eigenvalue weighted by Crippen LogP contribution is -2.03. The summed E-state index contributed by atoms with van der Waals surface area (Å²) in [6, 6.07) is 20.0. The van der Waals surface area contributed by atoms with E-state index in [9.17, 15) is 8.42 Å². The van der Waals surface area contributed by atoms with E-state index in [1.54, 1.807) is 43.8 Å². The molecule has 32 heavy (non-hydrogen) atoms. The van der Waals surface area contributed by atoms with Gasteiger partial charge in [-0.25, -0.2) is 13.4 Å². The molecule has 8 heteroatoms. The van der Waals surface area contributed by atoms with Crippen molar-refractivity contribution < 1.29 is 17.6 Å². The molecule has 0 aliphatic carbocycles. The van der Waals surface area contributed by atoms with Crippen LogP contribution in [0, 0.1) is 0 Å². The number of furan rings is 1. The van der Waals surface area contributed by atoms with Crippen LogP contribution in [0.15, 0.2) is 88.5 Å². The van der Waals surface area contributed by atoms with Crippen LogP contribution < -0.4 is 15.4 Å². The van der Waals surface area contributed by atoms with Crippen LogP contribution >= 0.6 is 0 Å². The topological polar surface area (TPSA) is 93.5 Å². The Morgan fingerprint density at radius 2 is 1.84 bits per heavy atom. The average Bonchev–Trinajstić information content (AvgIpc) is 3.32. The number of nitrogens with one attached hydrogen (secondary N) is 2. The van der Waals surface area contributed by atoms with Gasteiger partial charge in [-0.1, -0.05) is 18.2 Å². The van der Waals surface area contributed by atoms with Crippen LogP contribution in [0.2, 0.25) is 0 Å². The van der Waals surface area contributed by atoms with Gasteiger partial charge in [-0.15, -0.1) is 0 Å². The number of nitrogens with zero attached hydrogens (tertiary/aromatic N) is 1. The van der Waals surface area contributed by atoms with Crippen LogP contribution in [-0.4, -0.2) is 26.8 Å². The Bertz CT molecular complexity index is 1300. The number of methoxy groups -OCH3 is 1. The molecule has 4 rings (SSSR count). The molecule has 2 N–H and O–H groups in total. The molecule has 164 valence electrons. The summed E-state index contributed by atoms with van der Waals surface area (Å²) in [5.41, 5.74) is 3.22. The van der Waals surface area contributed by atoms with E-state index in [0.29, 0.717) is 23.8 Å². The van der Waals surface area contributed by atoms with Crippen LogP contribution in [0.3, 0.4) is 0 Å². The number of hydrogen-bond donors (Lipinski definition) is 2. The molecule has 0 fully saturated rings. The van der Waals surface area contributed by atoms with Crippen molar-refractivity contribution in [2.45, 2.75) is 11.4 Å². The Labute approximate surface area is 187 Å². The van der Waals surface area contributed by atoms with Gasteiger partial charge in [0.2, 0.25) is 0 Å². The number of rotatable bonds is 8. The van der Waals surface area contributed by atoms with Crippen molar-refractivity contribution in [3.8, 4) is 17.1 Å². The van der Waals surface area contributed by atoms with Crippen molar-refractivity contribution in [2.75, 3.05) is 24.0 Å². The highest BCUT2D eigenvalue weighted by Crippen LogP contribution is 2.32. The lowest BCUT2D eigenvalue weighted by atomic mass is 10.1. The van der Waals surface area contributed by atoms with Gasteiger partial charge in [0.25, 0.3) is 0 Å². The number of aromatic nitrogens is 1. The Kier molecular flexibility index (Phi) is 6.13. The quantitative estimate of drug-likeness (QED) is 0.386. The van der Waals surface area contributed by atoms with E-state index in [0.717, 1.165) is 22.6 Å². The summed E-state index contributed by atoms with van der Waals surface area (Å²) >= 11 is 0. The predicted molar refractivity (Wildman–Crippen MR) is 125 cm³/mol. The fourth-order valence-corrected chi connectivity index (χ4v) is 3.85. The van der Waals surface area contributed by atoms with Gasteiger partial charge < -0.3 is 19.8 Å². The second kappa shape index (κ2) is 9.15. The lowest BCUT2D eigenvalue weighted by molar-refractivity contribution is 0.414. The van der Waals surface area contributed by atoms with E-state index in [2.05, 4.69) is 15.6 Å². The van der Waals surface area contributed by atoms with Gasteiger partial charge in [0.1, 0.15) is 17.3 Å². The molecule has 7 nitrogen and oxygen atoms in total. The van der Waals surface area contributed by atoms with E-state index < -0.39 is 9.84 Å². The first-order valence-corrected chi connectivity index (χ1v) is 11.8. The molecule has 0 saturated carbocycles. The van der Waals surface area contributed by atoms with Gasteiger partial charge in [0.05, 0.1) is 29.5 Å². The zero-order valence-corrected chi connectivity index (χ0v) is 18.5. The highest BCUT2D eigenvalue weighted by molar-refractivity contribution is 7.90. The molecule has 0 bridgehead atoms. The minimum atomic E-state index is -3.32. The number of benzene rings is 2. The molecule has 2 aromatic carbocycles. The highest BCUT2D eigenvalue weighted by Gasteiger charge is 2.13. The molecule has 0 unspecified atom stereocenters. The zero-order chi connectivity index (χ0) is 22.6. The maximum atomic E-state index is 11.9. The normalized spacial score (nSPS) is 11.2. The third-order valence-electron chi connectivity index (χ3n) is 4.86. The molecular formula is C24H23N3O4S. The number of ether oxygens (including phenoxy) is 1. The Morgan fingerprint density at radius 3 is 2.53 bits per heavy atom. The lowest BCUT2D eigenvalue weighted by Gasteiger charge is -2.14. The van der Waals surface area contributed by atoms with Gasteiger partial charge in [0.15, 0.2) is 9.84 Å². The molecule has 0 aliphatic rings. The van der Waals surface area contributed by atoms with Crippen molar-refractivity contribution in [3.05, 3.63) is 84.8 Å². The van der Waals surface area contributed by atoms with Gasteiger partial charge in [-0.05, 0) is 48.0 Å². The maximum Gasteiger partial charge on any atom is 0.175 e. The molecular weight excluding hydrogens is 426 g/mol. The summed E-state index contributed by atoms with van der Waals surface area (Å²) < 4.78 is 34.6. The van der Waals surface area contributed by atoms with E-state index in [-0.39, 0.29) is 4.90 Å². The molecule has 2 aromatic heterocycles. The molecule has 0 saturated heterocycles. The number of sulfone groups is 1. The first-order chi connectivity index (χ1) is 15.4. The molecule has 0 aliphatic heterocycles. The van der Waals surface area contributed by atoms with Crippen molar-refractivity contribution in [1.82, 2.24) is 4.98 Å². The summed E-state index contributed by atoms with van der Waals surface area (Å²) in [5, 5.41) is 6.62. The van der Waals surface area contributed by atoms with Crippen molar-refractivity contribution in [2.24, 2.45) is 0 Å². The summed E-state index contributed by atoms with van der Waals surface area (Å²) in [6.07, 6.45) is 4.51. The Balaban J connectivity index is 1.61. The van der Waals surface area contributed by atoms with Crippen LogP contribution in [0.25, 0.3) is 11.3 Å². The minimum Gasteiger partial charge on any atom is -0.497 e. The molecule has 0 atom stereocenters. The summed E-state index contributed by atoms with van der Waals surface area (Å²) in [6.45, 7) is 0.583. The molecule has 0 amide bonds. The zero-order valence-electron chi connectivity index (χ0n) is 17.7. The SMILES string of the molecule is COc1ccc(CNc2cc(Nc3cccc(S(C)(=O)=O)c3)c(-c3ccco3)cn2)cc1. The minimum absolute atomic E-state index is 0.244. The second-order valence-electron chi connectivity index (χ2n) is 7.22. The highest BCUT2D eigenvalue weighted by atomic mass is 32.2. The summed E-state index contributed by atoms with van der Waals surface area (Å²) in [5.74, 6) is 2.12. The third kappa shape index (κ3) is 5.09. The van der Waals surface area contributed by atoms with Crippen LogP contribution in [0.1, 0.15) is 5.56 Å². The number of hydrogen-bond acceptors (Lipinski definition) is 7. The van der Waals surface area contributed by atoms with Gasteiger partial charge in [-0.2, -0.15) is 0 Å². The predicted octanol–water partition coefficient (Wildman–Crippen LogP) is 5.11. The van der Waals surface area contributed by atoms with Crippen molar-refractivity contribution >= 4 is 27.0 Å². The van der Waals surface area contributed by atoms with E-state index >= 15 is 0 Å². The molecule has 4 aromatic rings. The Morgan fingerprint density at radius 1 is 1.03 bits per heavy atom. The average molecular weight is 450 g/mol. The summed E-state index contributed by atoms with van der Waals surface area (Å²) in [4.78, 5) is 4.76.